The van der Waals surface area contributed by atoms with Crippen LogP contribution in [0.25, 0.3) is 0 Å². The number of piperidine rings is 1. The van der Waals surface area contributed by atoms with Gasteiger partial charge in [0.15, 0.2) is 5.96 Å². The minimum absolute atomic E-state index is 0. The summed E-state index contributed by atoms with van der Waals surface area (Å²) in [5.74, 6) is 1.49. The van der Waals surface area contributed by atoms with Gasteiger partial charge in [0, 0.05) is 24.7 Å². The number of aliphatic imine (C=N–C) groups is 1. The molecule has 2 rings (SSSR count). The molecule has 0 radical (unpaired) electrons. The molecule has 1 aromatic heterocycles. The van der Waals surface area contributed by atoms with E-state index >= 15 is 0 Å². The molecule has 2 N–H and O–H groups in total. The average molecular weight is 366 g/mol. The summed E-state index contributed by atoms with van der Waals surface area (Å²) >= 11 is 1.62. The summed E-state index contributed by atoms with van der Waals surface area (Å²) in [5, 5.41) is 2.98. The Bertz CT molecular complexity index is 344. The number of guanidine groups is 1. The van der Waals surface area contributed by atoms with Crippen LogP contribution in [0.4, 0.5) is 0 Å². The zero-order chi connectivity index (χ0) is 11.4. The maximum atomic E-state index is 5.96. The van der Waals surface area contributed by atoms with Crippen molar-refractivity contribution in [3.8, 4) is 0 Å². The first kappa shape index (κ1) is 14.7. The van der Waals surface area contributed by atoms with Crippen LogP contribution >= 0.6 is 35.3 Å². The van der Waals surface area contributed by atoms with Gasteiger partial charge in [-0.15, -0.1) is 35.3 Å². The number of halogens is 1. The molecule has 0 aliphatic carbocycles. The lowest BCUT2D eigenvalue weighted by Crippen LogP contribution is -2.42. The molecule has 0 spiro atoms. The van der Waals surface area contributed by atoms with Gasteiger partial charge in [0.1, 0.15) is 5.01 Å². The van der Waals surface area contributed by atoms with Gasteiger partial charge in [-0.05, 0) is 18.8 Å². The first-order chi connectivity index (χ1) is 7.75. The van der Waals surface area contributed by atoms with Crippen LogP contribution in [0.3, 0.4) is 0 Å². The molecule has 2 heterocycles. The molecule has 4 nitrogen and oxygen atoms in total. The normalized spacial score (nSPS) is 17.9. The molecule has 0 bridgehead atoms. The average Bonchev–Trinajstić information content (AvgIpc) is 2.80. The van der Waals surface area contributed by atoms with Crippen molar-refractivity contribution in [2.45, 2.75) is 26.3 Å². The number of aromatic nitrogens is 1. The molecule has 1 fully saturated rings. The van der Waals surface area contributed by atoms with Crippen LogP contribution < -0.4 is 5.73 Å². The van der Waals surface area contributed by atoms with Gasteiger partial charge in [0.05, 0.1) is 6.54 Å². The summed E-state index contributed by atoms with van der Waals surface area (Å²) in [6.07, 6.45) is 4.23. The van der Waals surface area contributed by atoms with Gasteiger partial charge in [0.2, 0.25) is 0 Å². The van der Waals surface area contributed by atoms with Crippen LogP contribution in [-0.2, 0) is 6.54 Å². The monoisotopic (exact) mass is 366 g/mol. The summed E-state index contributed by atoms with van der Waals surface area (Å²) in [7, 11) is 0. The highest BCUT2D eigenvalue weighted by Crippen LogP contribution is 2.15. The minimum atomic E-state index is 0. The Balaban J connectivity index is 0.00000144. The standard InChI is InChI=1S/C11H18N4S.HI/c1-9-2-5-15(6-3-9)11(12)14-8-10-13-4-7-16-10;/h4,7,9H,2-3,5-6,8H2,1H3,(H2,12,14);1H. The number of hydrogen-bond donors (Lipinski definition) is 1. The van der Waals surface area contributed by atoms with E-state index in [9.17, 15) is 0 Å². The van der Waals surface area contributed by atoms with E-state index < -0.39 is 0 Å². The Morgan fingerprint density at radius 3 is 2.88 bits per heavy atom. The Morgan fingerprint density at radius 1 is 1.59 bits per heavy atom. The zero-order valence-electron chi connectivity index (χ0n) is 10.0. The van der Waals surface area contributed by atoms with Crippen molar-refractivity contribution in [1.82, 2.24) is 9.88 Å². The van der Waals surface area contributed by atoms with E-state index in [2.05, 4.69) is 21.8 Å². The van der Waals surface area contributed by atoms with Gasteiger partial charge in [-0.1, -0.05) is 6.92 Å². The second kappa shape index (κ2) is 7.15. The lowest BCUT2D eigenvalue weighted by molar-refractivity contribution is 0.277. The summed E-state index contributed by atoms with van der Waals surface area (Å²) in [5.41, 5.74) is 5.96. The summed E-state index contributed by atoms with van der Waals surface area (Å²) in [6.45, 7) is 4.97. The largest absolute Gasteiger partial charge is 0.370 e. The topological polar surface area (TPSA) is 54.5 Å². The van der Waals surface area contributed by atoms with Crippen LogP contribution in [0.5, 0.6) is 0 Å². The lowest BCUT2D eigenvalue weighted by atomic mass is 10.00. The van der Waals surface area contributed by atoms with Crippen molar-refractivity contribution in [2.75, 3.05) is 13.1 Å². The number of nitrogens with zero attached hydrogens (tertiary/aromatic N) is 3. The second-order valence-electron chi connectivity index (χ2n) is 4.27. The molecule has 0 amide bonds. The van der Waals surface area contributed by atoms with E-state index in [4.69, 9.17) is 5.73 Å². The fourth-order valence-corrected chi connectivity index (χ4v) is 2.36. The molecule has 1 aromatic rings. The highest BCUT2D eigenvalue weighted by molar-refractivity contribution is 14.0. The van der Waals surface area contributed by atoms with Crippen LogP contribution in [0.15, 0.2) is 16.6 Å². The third kappa shape index (κ3) is 4.42. The maximum absolute atomic E-state index is 5.96. The highest BCUT2D eigenvalue weighted by Gasteiger charge is 2.16. The van der Waals surface area contributed by atoms with Gasteiger partial charge >= 0.3 is 0 Å². The summed E-state index contributed by atoms with van der Waals surface area (Å²) in [4.78, 5) is 10.7. The van der Waals surface area contributed by atoms with Crippen LogP contribution in [0.2, 0.25) is 0 Å². The van der Waals surface area contributed by atoms with Gasteiger partial charge in [0.25, 0.3) is 0 Å². The molecular formula is C11H19IN4S. The lowest BCUT2D eigenvalue weighted by Gasteiger charge is -2.30. The summed E-state index contributed by atoms with van der Waals surface area (Å²) < 4.78 is 0. The minimum Gasteiger partial charge on any atom is -0.370 e. The zero-order valence-corrected chi connectivity index (χ0v) is 13.1. The van der Waals surface area contributed by atoms with Gasteiger partial charge in [-0.2, -0.15) is 0 Å². The van der Waals surface area contributed by atoms with Crippen LogP contribution in [0.1, 0.15) is 24.8 Å². The van der Waals surface area contributed by atoms with Gasteiger partial charge in [-0.25, -0.2) is 9.98 Å². The van der Waals surface area contributed by atoms with Crippen molar-refractivity contribution in [1.29, 1.82) is 0 Å². The number of rotatable bonds is 2. The van der Waals surface area contributed by atoms with E-state index in [1.807, 2.05) is 5.38 Å². The quantitative estimate of drug-likeness (QED) is 0.497. The molecule has 1 saturated heterocycles. The molecule has 1 aliphatic rings. The first-order valence-corrected chi connectivity index (χ1v) is 6.57. The van der Waals surface area contributed by atoms with Crippen LogP contribution in [0, 0.1) is 5.92 Å². The van der Waals surface area contributed by atoms with E-state index in [1.54, 1.807) is 17.5 Å². The molecular weight excluding hydrogens is 347 g/mol. The first-order valence-electron chi connectivity index (χ1n) is 5.69. The molecule has 1 aliphatic heterocycles. The van der Waals surface area contributed by atoms with E-state index in [-0.39, 0.29) is 24.0 Å². The second-order valence-corrected chi connectivity index (χ2v) is 5.25. The smallest absolute Gasteiger partial charge is 0.191 e. The SMILES string of the molecule is CC1CCN(C(N)=NCc2nccs2)CC1.I. The Hall–Kier alpha value is -0.370. The molecule has 0 unspecified atom stereocenters. The third-order valence-electron chi connectivity index (χ3n) is 2.97. The molecule has 6 heteroatoms. The highest BCUT2D eigenvalue weighted by atomic mass is 127. The van der Waals surface area contributed by atoms with E-state index in [0.29, 0.717) is 12.5 Å². The number of hydrogen-bond acceptors (Lipinski definition) is 3. The Labute approximate surface area is 123 Å². The fraction of sp³-hybridized carbons (Fsp3) is 0.636. The van der Waals surface area contributed by atoms with Crippen molar-refractivity contribution >= 4 is 41.3 Å². The van der Waals surface area contributed by atoms with Gasteiger partial charge < -0.3 is 10.6 Å². The van der Waals surface area contributed by atoms with Crippen molar-refractivity contribution in [3.63, 3.8) is 0 Å². The molecule has 0 atom stereocenters. The Kier molecular flexibility index (Phi) is 6.18. The third-order valence-corrected chi connectivity index (χ3v) is 3.73. The molecule has 0 saturated carbocycles. The molecule has 96 valence electrons. The number of nitrogens with two attached hydrogens (primary N) is 1. The van der Waals surface area contributed by atoms with Crippen LogP contribution in [-0.4, -0.2) is 28.9 Å². The van der Waals surface area contributed by atoms with Crippen molar-refractivity contribution < 1.29 is 0 Å². The predicted octanol–water partition coefficient (Wildman–Crippen LogP) is 2.31. The fourth-order valence-electron chi connectivity index (χ4n) is 1.82. The summed E-state index contributed by atoms with van der Waals surface area (Å²) in [6, 6.07) is 0. The van der Waals surface area contributed by atoms with Crippen molar-refractivity contribution in [3.05, 3.63) is 16.6 Å². The van der Waals surface area contributed by atoms with E-state index in [1.165, 1.54) is 12.8 Å². The molecule has 0 aromatic carbocycles. The van der Waals surface area contributed by atoms with E-state index in [0.717, 1.165) is 24.0 Å². The maximum Gasteiger partial charge on any atom is 0.191 e. The Morgan fingerprint density at radius 2 is 2.29 bits per heavy atom. The van der Waals surface area contributed by atoms with Crippen molar-refractivity contribution in [2.24, 2.45) is 16.6 Å². The number of thiazole rings is 1. The number of likely N-dealkylation sites (tertiary alicyclic amines) is 1. The van der Waals surface area contributed by atoms with Gasteiger partial charge in [-0.3, -0.25) is 0 Å². The predicted molar refractivity (Wildman–Crippen MR) is 82.8 cm³/mol. The molecule has 17 heavy (non-hydrogen) atoms.